The van der Waals surface area contributed by atoms with Crippen molar-refractivity contribution in [1.82, 2.24) is 5.32 Å². The zero-order valence-electron chi connectivity index (χ0n) is 6.71. The van der Waals surface area contributed by atoms with Crippen molar-refractivity contribution in [2.45, 2.75) is 24.9 Å². The summed E-state index contributed by atoms with van der Waals surface area (Å²) in [6, 6.07) is 1.43. The van der Waals surface area contributed by atoms with Crippen LogP contribution in [0.3, 0.4) is 0 Å². The second kappa shape index (κ2) is 3.78. The summed E-state index contributed by atoms with van der Waals surface area (Å²) in [5.74, 6) is 2.60. The Morgan fingerprint density at radius 2 is 2.18 bits per heavy atom. The number of hydrogen-bond acceptors (Lipinski definition) is 3. The molecule has 2 aliphatic rings. The monoisotopic (exact) mass is 173 g/mol. The first-order valence-corrected chi connectivity index (χ1v) is 5.52. The van der Waals surface area contributed by atoms with Crippen molar-refractivity contribution in [3.8, 4) is 0 Å². The molecule has 0 spiro atoms. The normalized spacial score (nSPS) is 33.3. The molecule has 0 radical (unpaired) electrons. The van der Waals surface area contributed by atoms with Crippen LogP contribution in [0.15, 0.2) is 0 Å². The first kappa shape index (κ1) is 7.90. The molecule has 0 saturated carbocycles. The van der Waals surface area contributed by atoms with E-state index in [1.807, 2.05) is 11.8 Å². The van der Waals surface area contributed by atoms with Gasteiger partial charge in [-0.05, 0) is 12.8 Å². The Kier molecular flexibility index (Phi) is 2.72. The van der Waals surface area contributed by atoms with Crippen LogP contribution < -0.4 is 5.32 Å². The van der Waals surface area contributed by atoms with E-state index in [0.29, 0.717) is 6.04 Å². The third kappa shape index (κ3) is 2.10. The van der Waals surface area contributed by atoms with E-state index in [0.717, 1.165) is 19.3 Å². The van der Waals surface area contributed by atoms with Crippen LogP contribution in [-0.2, 0) is 4.74 Å². The molecule has 0 bridgehead atoms. The van der Waals surface area contributed by atoms with Crippen LogP contribution in [0.1, 0.15) is 12.8 Å². The van der Waals surface area contributed by atoms with Gasteiger partial charge in [0, 0.05) is 30.2 Å². The highest BCUT2D eigenvalue weighted by molar-refractivity contribution is 8.00. The van der Waals surface area contributed by atoms with Crippen LogP contribution in [0.2, 0.25) is 0 Å². The van der Waals surface area contributed by atoms with Gasteiger partial charge in [-0.3, -0.25) is 0 Å². The summed E-state index contributed by atoms with van der Waals surface area (Å²) in [7, 11) is 0. The van der Waals surface area contributed by atoms with E-state index in [9.17, 15) is 0 Å². The highest BCUT2D eigenvalue weighted by Gasteiger charge is 2.22. The van der Waals surface area contributed by atoms with Crippen LogP contribution in [-0.4, -0.2) is 36.8 Å². The summed E-state index contributed by atoms with van der Waals surface area (Å²) >= 11 is 2.03. The predicted octanol–water partition coefficient (Wildman–Crippen LogP) is 0.870. The summed E-state index contributed by atoms with van der Waals surface area (Å²) in [5.41, 5.74) is 0. The van der Waals surface area contributed by atoms with Gasteiger partial charge in [0.05, 0.1) is 6.61 Å². The van der Waals surface area contributed by atoms with E-state index in [1.165, 1.54) is 24.3 Å². The van der Waals surface area contributed by atoms with Gasteiger partial charge >= 0.3 is 0 Å². The minimum absolute atomic E-state index is 0.648. The van der Waals surface area contributed by atoms with Crippen LogP contribution in [0.5, 0.6) is 0 Å². The molecule has 64 valence electrons. The third-order valence-corrected chi connectivity index (χ3v) is 3.55. The highest BCUT2D eigenvalue weighted by atomic mass is 32.2. The predicted molar refractivity (Wildman–Crippen MR) is 48.1 cm³/mol. The molecule has 3 heteroatoms. The molecule has 2 rings (SSSR count). The quantitative estimate of drug-likeness (QED) is 0.669. The molecule has 0 aliphatic carbocycles. The first-order valence-electron chi connectivity index (χ1n) is 4.37. The fraction of sp³-hybridized carbons (Fsp3) is 1.00. The van der Waals surface area contributed by atoms with Crippen LogP contribution in [0, 0.1) is 0 Å². The molecular formula is C8H15NOS. The van der Waals surface area contributed by atoms with Gasteiger partial charge in [0.1, 0.15) is 0 Å². The lowest BCUT2D eigenvalue weighted by Gasteiger charge is -2.32. The van der Waals surface area contributed by atoms with E-state index in [-0.39, 0.29) is 0 Å². The van der Waals surface area contributed by atoms with Crippen molar-refractivity contribution in [1.29, 1.82) is 0 Å². The average Bonchev–Trinajstić information content (AvgIpc) is 1.99. The van der Waals surface area contributed by atoms with Gasteiger partial charge in [0.2, 0.25) is 0 Å². The van der Waals surface area contributed by atoms with Crippen molar-refractivity contribution >= 4 is 11.8 Å². The van der Waals surface area contributed by atoms with Gasteiger partial charge in [-0.15, -0.1) is 0 Å². The number of hydrogen-bond donors (Lipinski definition) is 1. The summed E-state index contributed by atoms with van der Waals surface area (Å²) in [6.45, 7) is 1.90. The third-order valence-electron chi connectivity index (χ3n) is 2.27. The minimum Gasteiger partial charge on any atom is -0.380 e. The Labute approximate surface area is 72.1 Å². The second-order valence-electron chi connectivity index (χ2n) is 3.32. The fourth-order valence-electron chi connectivity index (χ4n) is 1.54. The minimum atomic E-state index is 0.648. The second-order valence-corrected chi connectivity index (χ2v) is 4.39. The molecule has 2 aliphatic heterocycles. The molecule has 2 fully saturated rings. The maximum absolute atomic E-state index is 5.38. The van der Waals surface area contributed by atoms with E-state index in [4.69, 9.17) is 4.74 Å². The number of thioether (sulfide) groups is 1. The molecule has 0 amide bonds. The fourth-order valence-corrected chi connectivity index (χ4v) is 2.20. The molecule has 0 unspecified atom stereocenters. The lowest BCUT2D eigenvalue weighted by molar-refractivity contribution is 0.0678. The molecule has 11 heavy (non-hydrogen) atoms. The Balaban J connectivity index is 1.67. The first-order chi connectivity index (χ1) is 5.45. The lowest BCUT2D eigenvalue weighted by Crippen LogP contribution is -2.49. The molecular weight excluding hydrogens is 158 g/mol. The Hall–Kier alpha value is 0.270. The molecule has 1 N–H and O–H groups in total. The Morgan fingerprint density at radius 3 is 2.73 bits per heavy atom. The smallest absolute Gasteiger partial charge is 0.0619 e. The van der Waals surface area contributed by atoms with Crippen molar-refractivity contribution < 1.29 is 4.74 Å². The summed E-state index contributed by atoms with van der Waals surface area (Å²) in [5, 5.41) is 3.61. The van der Waals surface area contributed by atoms with Crippen molar-refractivity contribution in [2.75, 3.05) is 24.7 Å². The summed E-state index contributed by atoms with van der Waals surface area (Å²) in [6.07, 6.45) is 2.54. The lowest BCUT2D eigenvalue weighted by atomic mass is 10.1. The molecule has 2 saturated heterocycles. The molecule has 1 atom stereocenters. The molecule has 0 aromatic rings. The molecule has 2 heterocycles. The summed E-state index contributed by atoms with van der Waals surface area (Å²) < 4.78 is 5.38. The molecule has 2 nitrogen and oxygen atoms in total. The van der Waals surface area contributed by atoms with Gasteiger partial charge in [-0.1, -0.05) is 0 Å². The maximum atomic E-state index is 5.38. The van der Waals surface area contributed by atoms with Crippen LogP contribution in [0.4, 0.5) is 0 Å². The van der Waals surface area contributed by atoms with Gasteiger partial charge in [0.15, 0.2) is 0 Å². The van der Waals surface area contributed by atoms with Crippen LogP contribution >= 0.6 is 11.8 Å². The van der Waals surface area contributed by atoms with Gasteiger partial charge in [-0.25, -0.2) is 0 Å². The topological polar surface area (TPSA) is 21.3 Å². The van der Waals surface area contributed by atoms with Gasteiger partial charge in [0.25, 0.3) is 0 Å². The zero-order chi connectivity index (χ0) is 7.52. The van der Waals surface area contributed by atoms with Gasteiger partial charge < -0.3 is 10.1 Å². The summed E-state index contributed by atoms with van der Waals surface area (Å²) in [4.78, 5) is 0. The van der Waals surface area contributed by atoms with E-state index >= 15 is 0 Å². The number of nitrogens with one attached hydrogen (secondary N) is 1. The van der Waals surface area contributed by atoms with E-state index in [2.05, 4.69) is 5.32 Å². The largest absolute Gasteiger partial charge is 0.380 e. The number of rotatable bonds is 2. The van der Waals surface area contributed by atoms with Crippen LogP contribution in [0.25, 0.3) is 0 Å². The van der Waals surface area contributed by atoms with Crippen molar-refractivity contribution in [3.63, 3.8) is 0 Å². The molecule has 0 aromatic heterocycles. The van der Waals surface area contributed by atoms with E-state index in [1.54, 1.807) is 0 Å². The van der Waals surface area contributed by atoms with Crippen molar-refractivity contribution in [2.24, 2.45) is 0 Å². The average molecular weight is 173 g/mol. The molecule has 0 aromatic carbocycles. The Morgan fingerprint density at radius 1 is 1.27 bits per heavy atom. The Bertz CT molecular complexity index is 121. The van der Waals surface area contributed by atoms with Crippen molar-refractivity contribution in [3.05, 3.63) is 0 Å². The maximum Gasteiger partial charge on any atom is 0.0619 e. The van der Waals surface area contributed by atoms with E-state index < -0.39 is 0 Å². The zero-order valence-corrected chi connectivity index (χ0v) is 7.53. The standard InChI is InChI=1S/C8H15NOS/c1-2-7(4-10-3-1)9-8-5-11-6-8/h7-9H,1-6H2/t7-/m0/s1. The SMILES string of the molecule is C1COC[C@@H](NC2CSC2)C1. The highest BCUT2D eigenvalue weighted by Crippen LogP contribution is 2.19. The number of ether oxygens (including phenoxy) is 1. The van der Waals surface area contributed by atoms with Gasteiger partial charge in [-0.2, -0.15) is 11.8 Å².